The molecule has 258 valence electrons. The molecular weight excluding hydrogens is 683 g/mol. The Labute approximate surface area is 323 Å². The number of nitrogens with zero attached hydrogens (tertiary/aromatic N) is 5. The Morgan fingerprint density at radius 2 is 0.714 bits per heavy atom. The van der Waals surface area contributed by atoms with Gasteiger partial charge in [0.25, 0.3) is 0 Å². The molecular formula is C51H29N5. The van der Waals surface area contributed by atoms with Crippen molar-refractivity contribution in [2.45, 2.75) is 0 Å². The van der Waals surface area contributed by atoms with Gasteiger partial charge >= 0.3 is 0 Å². The van der Waals surface area contributed by atoms with Gasteiger partial charge in [0, 0.05) is 21.5 Å². The average Bonchev–Trinajstić information content (AvgIpc) is 3.78. The van der Waals surface area contributed by atoms with E-state index in [0.29, 0.717) is 33.6 Å². The number of aromatic nitrogens is 2. The number of fused-ring (bicyclic) bond motifs is 6. The van der Waals surface area contributed by atoms with Crippen LogP contribution in [-0.4, -0.2) is 9.13 Å². The standard InChI is InChI=1S/C51H29N5/c52-30-33-23-34(31-53)25-39(24-33)40-28-50(55-46-17-9-7-15-41(46)43-26-37(19-21-48(43)55)35-11-3-1-4-12-35)45(32-54)51(29-40)56-47-18-10-8-16-42(47)44-27-38(20-22-49(44)56)36-13-5-2-6-14-36/h1-29H. The van der Waals surface area contributed by atoms with E-state index >= 15 is 0 Å². The Bertz CT molecular complexity index is 3120. The van der Waals surface area contributed by atoms with Gasteiger partial charge in [-0.25, -0.2) is 0 Å². The largest absolute Gasteiger partial charge is 0.308 e. The smallest absolute Gasteiger partial charge is 0.104 e. The lowest BCUT2D eigenvalue weighted by molar-refractivity contribution is 1.12. The summed E-state index contributed by atoms with van der Waals surface area (Å²) < 4.78 is 4.37. The zero-order valence-corrected chi connectivity index (χ0v) is 30.0. The normalized spacial score (nSPS) is 11.2. The molecule has 0 atom stereocenters. The van der Waals surface area contributed by atoms with Crippen molar-refractivity contribution in [1.82, 2.24) is 9.13 Å². The van der Waals surface area contributed by atoms with Gasteiger partial charge < -0.3 is 9.13 Å². The molecule has 0 saturated heterocycles. The topological polar surface area (TPSA) is 81.2 Å². The van der Waals surface area contributed by atoms with Gasteiger partial charge in [0.05, 0.1) is 56.7 Å². The predicted octanol–water partition coefficient (Wildman–Crippen LogP) is 12.5. The summed E-state index contributed by atoms with van der Waals surface area (Å²) in [6.45, 7) is 0. The maximum absolute atomic E-state index is 11.3. The van der Waals surface area contributed by atoms with Crippen molar-refractivity contribution in [2.75, 3.05) is 0 Å². The van der Waals surface area contributed by atoms with Crippen molar-refractivity contribution in [2.24, 2.45) is 0 Å². The minimum absolute atomic E-state index is 0.391. The van der Waals surface area contributed by atoms with Gasteiger partial charge in [-0.2, -0.15) is 15.8 Å². The van der Waals surface area contributed by atoms with E-state index in [2.05, 4.69) is 112 Å². The van der Waals surface area contributed by atoms with Crippen molar-refractivity contribution in [1.29, 1.82) is 15.8 Å². The molecule has 56 heavy (non-hydrogen) atoms. The Hall–Kier alpha value is -8.17. The van der Waals surface area contributed by atoms with E-state index in [1.807, 2.05) is 84.9 Å². The molecule has 0 unspecified atom stereocenters. The van der Waals surface area contributed by atoms with Crippen LogP contribution in [0.3, 0.4) is 0 Å². The third-order valence-electron chi connectivity index (χ3n) is 10.8. The zero-order chi connectivity index (χ0) is 37.8. The summed E-state index contributed by atoms with van der Waals surface area (Å²) in [7, 11) is 0. The highest BCUT2D eigenvalue weighted by atomic mass is 15.0. The third kappa shape index (κ3) is 5.14. The van der Waals surface area contributed by atoms with Gasteiger partial charge in [-0.1, -0.05) is 109 Å². The summed E-state index contributed by atoms with van der Waals surface area (Å²) in [5.41, 5.74) is 12.5. The van der Waals surface area contributed by atoms with E-state index in [-0.39, 0.29) is 0 Å². The van der Waals surface area contributed by atoms with Gasteiger partial charge in [0.15, 0.2) is 0 Å². The number of hydrogen-bond donors (Lipinski definition) is 0. The van der Waals surface area contributed by atoms with E-state index in [4.69, 9.17) is 0 Å². The fraction of sp³-hybridized carbons (Fsp3) is 0. The SMILES string of the molecule is N#Cc1cc(C#N)cc(-c2cc(-n3c4ccccc4c4cc(-c5ccccc5)ccc43)c(C#N)c(-n3c4ccccc4c4cc(-c5ccccc5)ccc43)c2)c1. The second-order valence-corrected chi connectivity index (χ2v) is 13.9. The van der Waals surface area contributed by atoms with Gasteiger partial charge in [0.2, 0.25) is 0 Å². The van der Waals surface area contributed by atoms with Crippen molar-refractivity contribution in [3.8, 4) is 63.0 Å². The first-order valence-electron chi connectivity index (χ1n) is 18.4. The molecule has 0 amide bonds. The van der Waals surface area contributed by atoms with Crippen LogP contribution in [0.15, 0.2) is 176 Å². The molecule has 5 heteroatoms. The van der Waals surface area contributed by atoms with Gasteiger partial charge in [-0.05, 0) is 100 Å². The van der Waals surface area contributed by atoms with Gasteiger partial charge in [-0.3, -0.25) is 0 Å². The van der Waals surface area contributed by atoms with Crippen molar-refractivity contribution < 1.29 is 0 Å². The zero-order valence-electron chi connectivity index (χ0n) is 30.0. The molecule has 0 N–H and O–H groups in total. The summed E-state index contributed by atoms with van der Waals surface area (Å²) >= 11 is 0. The molecule has 0 bridgehead atoms. The van der Waals surface area contributed by atoms with Crippen LogP contribution in [0.5, 0.6) is 0 Å². The molecule has 0 spiro atoms. The van der Waals surface area contributed by atoms with Crippen LogP contribution in [0.2, 0.25) is 0 Å². The Morgan fingerprint density at radius 3 is 1.16 bits per heavy atom. The molecule has 10 rings (SSSR count). The van der Waals surface area contributed by atoms with Crippen molar-refractivity contribution >= 4 is 43.6 Å². The molecule has 0 fully saturated rings. The maximum atomic E-state index is 11.3. The Morgan fingerprint density at radius 1 is 0.304 bits per heavy atom. The number of nitriles is 3. The fourth-order valence-corrected chi connectivity index (χ4v) is 8.25. The summed E-state index contributed by atoms with van der Waals surface area (Å²) in [5.74, 6) is 0. The average molecular weight is 712 g/mol. The molecule has 0 radical (unpaired) electrons. The van der Waals surface area contributed by atoms with E-state index in [0.717, 1.165) is 71.4 Å². The van der Waals surface area contributed by atoms with Crippen molar-refractivity contribution in [3.63, 3.8) is 0 Å². The lowest BCUT2D eigenvalue weighted by Gasteiger charge is -2.18. The Kier molecular flexibility index (Phi) is 7.57. The van der Waals surface area contributed by atoms with Crippen LogP contribution < -0.4 is 0 Å². The number of benzene rings is 8. The molecule has 2 aromatic heterocycles. The maximum Gasteiger partial charge on any atom is 0.104 e. The lowest BCUT2D eigenvalue weighted by Crippen LogP contribution is -2.05. The predicted molar refractivity (Wildman–Crippen MR) is 226 cm³/mol. The molecule has 0 aliphatic heterocycles. The minimum Gasteiger partial charge on any atom is -0.308 e. The Balaban J connectivity index is 1.32. The highest BCUT2D eigenvalue weighted by Gasteiger charge is 2.23. The molecule has 0 aliphatic carbocycles. The molecule has 0 saturated carbocycles. The first-order chi connectivity index (χ1) is 27.6. The highest BCUT2D eigenvalue weighted by molar-refractivity contribution is 6.12. The quantitative estimate of drug-likeness (QED) is 0.178. The van der Waals surface area contributed by atoms with Crippen LogP contribution in [0, 0.1) is 34.0 Å². The monoisotopic (exact) mass is 711 g/mol. The third-order valence-corrected chi connectivity index (χ3v) is 10.8. The second kappa shape index (κ2) is 13.0. The molecule has 8 aromatic carbocycles. The van der Waals surface area contributed by atoms with E-state index in [1.165, 1.54) is 0 Å². The van der Waals surface area contributed by atoms with Crippen LogP contribution >= 0.6 is 0 Å². The summed E-state index contributed by atoms with van der Waals surface area (Å²) in [6, 6.07) is 66.7. The number of rotatable bonds is 5. The lowest BCUT2D eigenvalue weighted by atomic mass is 9.97. The molecule has 2 heterocycles. The number of para-hydroxylation sites is 2. The molecule has 5 nitrogen and oxygen atoms in total. The van der Waals surface area contributed by atoms with Crippen LogP contribution in [0.4, 0.5) is 0 Å². The van der Waals surface area contributed by atoms with Crippen molar-refractivity contribution in [3.05, 3.63) is 193 Å². The van der Waals surface area contributed by atoms with Gasteiger partial charge in [-0.15, -0.1) is 0 Å². The summed E-state index contributed by atoms with van der Waals surface area (Å²) in [4.78, 5) is 0. The van der Waals surface area contributed by atoms with E-state index in [9.17, 15) is 15.8 Å². The summed E-state index contributed by atoms with van der Waals surface area (Å²) in [5, 5.41) is 35.6. The van der Waals surface area contributed by atoms with Crippen LogP contribution in [0.25, 0.3) is 88.4 Å². The van der Waals surface area contributed by atoms with E-state index < -0.39 is 0 Å². The van der Waals surface area contributed by atoms with Crippen LogP contribution in [-0.2, 0) is 0 Å². The summed E-state index contributed by atoms with van der Waals surface area (Å²) in [6.07, 6.45) is 0. The minimum atomic E-state index is 0.391. The molecule has 10 aromatic rings. The molecule has 0 aliphatic rings. The highest BCUT2D eigenvalue weighted by Crippen LogP contribution is 2.42. The van der Waals surface area contributed by atoms with Crippen LogP contribution in [0.1, 0.15) is 16.7 Å². The number of hydrogen-bond acceptors (Lipinski definition) is 3. The fourth-order valence-electron chi connectivity index (χ4n) is 8.25. The van der Waals surface area contributed by atoms with E-state index in [1.54, 1.807) is 6.07 Å². The first kappa shape index (κ1) is 32.5. The second-order valence-electron chi connectivity index (χ2n) is 13.9. The first-order valence-corrected chi connectivity index (χ1v) is 18.4. The van der Waals surface area contributed by atoms with Gasteiger partial charge in [0.1, 0.15) is 11.6 Å².